The fourth-order valence-electron chi connectivity index (χ4n) is 0.902. The maximum Gasteiger partial charge on any atom is 0.161 e. The number of nitrogens with zero attached hydrogens (tertiary/aromatic N) is 1. The predicted octanol–water partition coefficient (Wildman–Crippen LogP) is 1.60. The first kappa shape index (κ1) is 9.85. The van der Waals surface area contributed by atoms with Crippen molar-refractivity contribution in [3.8, 4) is 0 Å². The van der Waals surface area contributed by atoms with Crippen molar-refractivity contribution >= 4 is 22.9 Å². The molecule has 0 radical (unpaired) electrons. The van der Waals surface area contributed by atoms with Crippen LogP contribution in [0.1, 0.15) is 12.5 Å². The van der Waals surface area contributed by atoms with E-state index in [9.17, 15) is 0 Å². The van der Waals surface area contributed by atoms with Gasteiger partial charge in [0.05, 0.1) is 6.04 Å². The van der Waals surface area contributed by atoms with Crippen LogP contribution in [0.5, 0.6) is 0 Å². The van der Waals surface area contributed by atoms with Gasteiger partial charge in [-0.2, -0.15) is 0 Å². The molecule has 0 fully saturated rings. The summed E-state index contributed by atoms with van der Waals surface area (Å²) in [5.74, 6) is 0.186. The molecule has 1 rings (SSSR count). The first-order valence-electron chi connectivity index (χ1n) is 3.92. The van der Waals surface area contributed by atoms with Gasteiger partial charge in [-0.25, -0.2) is 0 Å². The van der Waals surface area contributed by atoms with Crippen LogP contribution in [0.25, 0.3) is 0 Å². The monoisotopic (exact) mass is 199 g/mol. The van der Waals surface area contributed by atoms with Crippen molar-refractivity contribution in [3.63, 3.8) is 0 Å². The van der Waals surface area contributed by atoms with Gasteiger partial charge in [0.25, 0.3) is 0 Å². The topological polar surface area (TPSA) is 70.6 Å². The van der Waals surface area contributed by atoms with E-state index in [1.165, 1.54) is 5.56 Å². The number of hydrogen-bond donors (Lipinski definition) is 3. The summed E-state index contributed by atoms with van der Waals surface area (Å²) in [6.07, 6.45) is 0. The Kier molecular flexibility index (Phi) is 3.13. The third-order valence-electron chi connectivity index (χ3n) is 1.79. The molecule has 0 bridgehead atoms. The molecule has 1 unspecified atom stereocenters. The lowest BCUT2D eigenvalue weighted by atomic mass is 10.2. The van der Waals surface area contributed by atoms with Crippen LogP contribution in [0.15, 0.2) is 15.9 Å². The summed E-state index contributed by atoms with van der Waals surface area (Å²) in [7, 11) is 0. The Morgan fingerprint density at radius 2 is 2.38 bits per heavy atom. The Morgan fingerprint density at radius 1 is 1.69 bits per heavy atom. The van der Waals surface area contributed by atoms with Crippen LogP contribution in [-0.4, -0.2) is 17.1 Å². The lowest BCUT2D eigenvalue weighted by molar-refractivity contribution is 0.316. The molecule has 1 aromatic rings. The van der Waals surface area contributed by atoms with E-state index in [2.05, 4.69) is 10.5 Å². The zero-order chi connectivity index (χ0) is 9.84. The number of anilines is 1. The third-order valence-corrected chi connectivity index (χ3v) is 2.65. The van der Waals surface area contributed by atoms with Gasteiger partial charge < -0.3 is 16.3 Å². The van der Waals surface area contributed by atoms with Crippen LogP contribution in [0, 0.1) is 6.92 Å². The van der Waals surface area contributed by atoms with Gasteiger partial charge >= 0.3 is 0 Å². The molecule has 0 aliphatic heterocycles. The van der Waals surface area contributed by atoms with Crippen LogP contribution in [0.2, 0.25) is 0 Å². The number of rotatable bonds is 3. The van der Waals surface area contributed by atoms with E-state index < -0.39 is 0 Å². The fourth-order valence-corrected chi connectivity index (χ4v) is 1.69. The number of thiophene rings is 1. The fraction of sp³-hybridized carbons (Fsp3) is 0.375. The second-order valence-electron chi connectivity index (χ2n) is 2.86. The van der Waals surface area contributed by atoms with Gasteiger partial charge in [0.2, 0.25) is 0 Å². The number of nitrogens with one attached hydrogen (secondary N) is 1. The van der Waals surface area contributed by atoms with Crippen LogP contribution in [0.4, 0.5) is 5.69 Å². The first-order valence-corrected chi connectivity index (χ1v) is 4.86. The number of nitrogens with two attached hydrogens (primary N) is 1. The van der Waals surface area contributed by atoms with Crippen molar-refractivity contribution in [2.75, 3.05) is 5.32 Å². The molecule has 5 heteroatoms. The van der Waals surface area contributed by atoms with Crippen LogP contribution in [-0.2, 0) is 0 Å². The zero-order valence-corrected chi connectivity index (χ0v) is 8.43. The molecule has 1 atom stereocenters. The highest BCUT2D eigenvalue weighted by atomic mass is 32.1. The van der Waals surface area contributed by atoms with Crippen molar-refractivity contribution in [2.45, 2.75) is 19.9 Å². The zero-order valence-electron chi connectivity index (χ0n) is 7.61. The molecule has 0 aliphatic carbocycles. The highest BCUT2D eigenvalue weighted by Gasteiger charge is 2.08. The molecule has 1 aromatic heterocycles. The predicted molar refractivity (Wildman–Crippen MR) is 55.5 cm³/mol. The molecule has 0 aromatic carbocycles. The van der Waals surface area contributed by atoms with E-state index in [0.717, 1.165) is 5.69 Å². The molecule has 0 aliphatic rings. The molecule has 0 saturated heterocycles. The summed E-state index contributed by atoms with van der Waals surface area (Å²) < 4.78 is 0. The standard InChI is InChI=1S/C8H13N3OS/c1-5-3-13-4-7(5)10-6(2)8(9)11-12/h3-4,6,10,12H,1-2H3,(H2,9,11). The van der Waals surface area contributed by atoms with Crippen molar-refractivity contribution < 1.29 is 5.21 Å². The highest BCUT2D eigenvalue weighted by Crippen LogP contribution is 2.19. The lowest BCUT2D eigenvalue weighted by Gasteiger charge is -2.12. The maximum absolute atomic E-state index is 8.43. The van der Waals surface area contributed by atoms with Crippen molar-refractivity contribution in [2.24, 2.45) is 10.9 Å². The van der Waals surface area contributed by atoms with E-state index in [-0.39, 0.29) is 11.9 Å². The van der Waals surface area contributed by atoms with Gasteiger partial charge in [-0.05, 0) is 24.8 Å². The molecule has 0 saturated carbocycles. The summed E-state index contributed by atoms with van der Waals surface area (Å²) in [5.41, 5.74) is 7.62. The quantitative estimate of drug-likeness (QED) is 0.300. The number of oxime groups is 1. The summed E-state index contributed by atoms with van der Waals surface area (Å²) in [5, 5.41) is 18.5. The Hall–Kier alpha value is -1.23. The van der Waals surface area contributed by atoms with E-state index in [4.69, 9.17) is 10.9 Å². The molecule has 72 valence electrons. The van der Waals surface area contributed by atoms with Gasteiger partial charge in [0, 0.05) is 11.1 Å². The van der Waals surface area contributed by atoms with E-state index >= 15 is 0 Å². The second kappa shape index (κ2) is 4.13. The Balaban J connectivity index is 2.65. The normalized spacial score (nSPS) is 14.2. The molecule has 13 heavy (non-hydrogen) atoms. The van der Waals surface area contributed by atoms with E-state index in [1.54, 1.807) is 11.3 Å². The minimum atomic E-state index is -0.154. The first-order chi connectivity index (χ1) is 6.15. The van der Waals surface area contributed by atoms with Crippen LogP contribution >= 0.6 is 11.3 Å². The smallest absolute Gasteiger partial charge is 0.161 e. The third kappa shape index (κ3) is 2.35. The van der Waals surface area contributed by atoms with Gasteiger partial charge in [0.1, 0.15) is 0 Å². The van der Waals surface area contributed by atoms with Crippen LogP contribution in [0.3, 0.4) is 0 Å². The summed E-state index contributed by atoms with van der Waals surface area (Å²) in [4.78, 5) is 0. The Labute approximate surface area is 81.1 Å². The molecule has 4 N–H and O–H groups in total. The van der Waals surface area contributed by atoms with Gasteiger partial charge in [-0.3, -0.25) is 0 Å². The summed E-state index contributed by atoms with van der Waals surface area (Å²) >= 11 is 1.62. The largest absolute Gasteiger partial charge is 0.409 e. The molecule has 0 spiro atoms. The Morgan fingerprint density at radius 3 is 2.85 bits per heavy atom. The molecule has 4 nitrogen and oxygen atoms in total. The van der Waals surface area contributed by atoms with Crippen molar-refractivity contribution in [3.05, 3.63) is 16.3 Å². The number of amidine groups is 1. The Bertz CT molecular complexity index is 308. The minimum Gasteiger partial charge on any atom is -0.409 e. The summed E-state index contributed by atoms with van der Waals surface area (Å²) in [6.45, 7) is 3.85. The number of aryl methyl sites for hydroxylation is 1. The van der Waals surface area contributed by atoms with Gasteiger partial charge in [-0.1, -0.05) is 5.16 Å². The maximum atomic E-state index is 8.43. The average Bonchev–Trinajstić information content (AvgIpc) is 2.50. The SMILES string of the molecule is Cc1cscc1NC(C)/C(N)=N/O. The van der Waals surface area contributed by atoms with Crippen LogP contribution < -0.4 is 11.1 Å². The van der Waals surface area contributed by atoms with Gasteiger partial charge in [0.15, 0.2) is 5.84 Å². The van der Waals surface area contributed by atoms with Crippen molar-refractivity contribution in [1.29, 1.82) is 0 Å². The van der Waals surface area contributed by atoms with Crippen molar-refractivity contribution in [1.82, 2.24) is 0 Å². The lowest BCUT2D eigenvalue weighted by Crippen LogP contribution is -2.32. The molecule has 0 amide bonds. The second-order valence-corrected chi connectivity index (χ2v) is 3.60. The summed E-state index contributed by atoms with van der Waals surface area (Å²) in [6, 6.07) is -0.154. The van der Waals surface area contributed by atoms with Gasteiger partial charge in [-0.15, -0.1) is 11.3 Å². The number of hydrogen-bond acceptors (Lipinski definition) is 4. The van der Waals surface area contributed by atoms with E-state index in [1.807, 2.05) is 24.6 Å². The van der Waals surface area contributed by atoms with E-state index in [0.29, 0.717) is 0 Å². The molecular weight excluding hydrogens is 186 g/mol. The molecule has 1 heterocycles. The molecular formula is C8H13N3OS. The highest BCUT2D eigenvalue weighted by molar-refractivity contribution is 7.08. The average molecular weight is 199 g/mol. The minimum absolute atomic E-state index is 0.154.